The maximum atomic E-state index is 6.22. The van der Waals surface area contributed by atoms with E-state index in [1.165, 1.54) is 11.1 Å². The standard InChI is InChI=1S/C20H21ClN2O/c1-3-4-20-23-18(16-11-15(21)9-10-19(16)24-20)12-17(22-23)14-7-5-13(2)6-8-14/h5-11,18,20H,3-4,12H2,1-2H3. The fourth-order valence-electron chi connectivity index (χ4n) is 3.49. The van der Waals surface area contributed by atoms with Crippen LogP contribution in [0.2, 0.25) is 5.02 Å². The number of halogens is 1. The Bertz CT molecular complexity index is 785. The number of nitrogens with zero attached hydrogens (tertiary/aromatic N) is 2. The Morgan fingerprint density at radius 1 is 1.21 bits per heavy atom. The van der Waals surface area contributed by atoms with E-state index in [0.717, 1.165) is 41.3 Å². The molecule has 24 heavy (non-hydrogen) atoms. The molecule has 0 saturated carbocycles. The monoisotopic (exact) mass is 340 g/mol. The van der Waals surface area contributed by atoms with E-state index in [4.69, 9.17) is 21.4 Å². The summed E-state index contributed by atoms with van der Waals surface area (Å²) < 4.78 is 6.20. The molecule has 0 N–H and O–H groups in total. The highest BCUT2D eigenvalue weighted by Crippen LogP contribution is 2.44. The quantitative estimate of drug-likeness (QED) is 0.755. The Kier molecular flexibility index (Phi) is 3.97. The van der Waals surface area contributed by atoms with Crippen LogP contribution in [-0.4, -0.2) is 16.9 Å². The molecule has 0 aliphatic carbocycles. The molecule has 124 valence electrons. The molecule has 3 nitrogen and oxygen atoms in total. The van der Waals surface area contributed by atoms with Crippen molar-refractivity contribution in [3.63, 3.8) is 0 Å². The fourth-order valence-corrected chi connectivity index (χ4v) is 3.67. The molecule has 2 aromatic carbocycles. The van der Waals surface area contributed by atoms with Crippen molar-refractivity contribution in [2.24, 2.45) is 5.10 Å². The van der Waals surface area contributed by atoms with E-state index >= 15 is 0 Å². The Morgan fingerprint density at radius 3 is 2.75 bits per heavy atom. The number of hydrogen-bond acceptors (Lipinski definition) is 3. The highest BCUT2D eigenvalue weighted by Gasteiger charge is 2.39. The van der Waals surface area contributed by atoms with Crippen LogP contribution in [0.3, 0.4) is 0 Å². The minimum absolute atomic E-state index is 0.00313. The molecule has 0 bridgehead atoms. The van der Waals surface area contributed by atoms with Crippen LogP contribution < -0.4 is 4.74 Å². The van der Waals surface area contributed by atoms with Gasteiger partial charge in [-0.15, -0.1) is 0 Å². The van der Waals surface area contributed by atoms with Crippen molar-refractivity contribution in [2.45, 2.75) is 45.4 Å². The lowest BCUT2D eigenvalue weighted by Crippen LogP contribution is -2.40. The van der Waals surface area contributed by atoms with Crippen molar-refractivity contribution in [2.75, 3.05) is 0 Å². The van der Waals surface area contributed by atoms with E-state index < -0.39 is 0 Å². The lowest BCUT2D eigenvalue weighted by molar-refractivity contribution is -0.0223. The van der Waals surface area contributed by atoms with E-state index in [-0.39, 0.29) is 12.3 Å². The first-order valence-corrected chi connectivity index (χ1v) is 8.92. The summed E-state index contributed by atoms with van der Waals surface area (Å²) in [4.78, 5) is 0. The normalized spacial score (nSPS) is 21.8. The first-order chi connectivity index (χ1) is 11.7. The molecular weight excluding hydrogens is 320 g/mol. The summed E-state index contributed by atoms with van der Waals surface area (Å²) in [5.41, 5.74) is 4.71. The van der Waals surface area contributed by atoms with E-state index in [0.29, 0.717) is 0 Å². The van der Waals surface area contributed by atoms with Gasteiger partial charge in [-0.2, -0.15) is 5.10 Å². The summed E-state index contributed by atoms with van der Waals surface area (Å²) in [7, 11) is 0. The van der Waals surface area contributed by atoms with Crippen molar-refractivity contribution in [1.29, 1.82) is 0 Å². The van der Waals surface area contributed by atoms with Gasteiger partial charge in [0.1, 0.15) is 5.75 Å². The van der Waals surface area contributed by atoms with Gasteiger partial charge in [-0.05, 0) is 30.7 Å². The van der Waals surface area contributed by atoms with Gasteiger partial charge in [0, 0.05) is 23.4 Å². The van der Waals surface area contributed by atoms with Crippen LogP contribution in [0.5, 0.6) is 5.75 Å². The number of benzene rings is 2. The van der Waals surface area contributed by atoms with Crippen molar-refractivity contribution < 1.29 is 4.74 Å². The SMILES string of the molecule is CCCC1Oc2ccc(Cl)cc2C2CC(c3ccc(C)cc3)=NN12. The lowest BCUT2D eigenvalue weighted by atomic mass is 9.96. The van der Waals surface area contributed by atoms with Crippen LogP contribution in [0.15, 0.2) is 47.6 Å². The predicted molar refractivity (Wildman–Crippen MR) is 97.7 cm³/mol. The van der Waals surface area contributed by atoms with Crippen LogP contribution in [-0.2, 0) is 0 Å². The Morgan fingerprint density at radius 2 is 2.00 bits per heavy atom. The minimum atomic E-state index is -0.00313. The second-order valence-corrected chi connectivity index (χ2v) is 6.99. The van der Waals surface area contributed by atoms with Gasteiger partial charge >= 0.3 is 0 Å². The molecule has 2 aliphatic heterocycles. The van der Waals surface area contributed by atoms with Gasteiger partial charge in [0.2, 0.25) is 0 Å². The summed E-state index contributed by atoms with van der Waals surface area (Å²) in [6.45, 7) is 4.28. The molecule has 2 atom stereocenters. The van der Waals surface area contributed by atoms with E-state index in [9.17, 15) is 0 Å². The average Bonchev–Trinajstić information content (AvgIpc) is 3.02. The maximum absolute atomic E-state index is 6.22. The molecule has 2 heterocycles. The van der Waals surface area contributed by atoms with Gasteiger partial charge in [0.05, 0.1) is 11.8 Å². The third-order valence-corrected chi connectivity index (χ3v) is 4.99. The summed E-state index contributed by atoms with van der Waals surface area (Å²) in [5, 5.41) is 7.80. The van der Waals surface area contributed by atoms with Crippen molar-refractivity contribution in [3.8, 4) is 5.75 Å². The molecule has 2 unspecified atom stereocenters. The number of ether oxygens (including phenoxy) is 1. The van der Waals surface area contributed by atoms with Crippen LogP contribution in [0.1, 0.15) is 48.9 Å². The van der Waals surface area contributed by atoms with E-state index in [1.54, 1.807) is 0 Å². The molecule has 4 heteroatoms. The van der Waals surface area contributed by atoms with Crippen LogP contribution in [0.25, 0.3) is 0 Å². The number of hydrogen-bond donors (Lipinski definition) is 0. The summed E-state index contributed by atoms with van der Waals surface area (Å²) in [6.07, 6.45) is 2.91. The molecule has 0 amide bonds. The second kappa shape index (κ2) is 6.14. The third-order valence-electron chi connectivity index (χ3n) is 4.75. The molecule has 0 saturated heterocycles. The number of rotatable bonds is 3. The molecule has 0 fully saturated rings. The first-order valence-electron chi connectivity index (χ1n) is 8.54. The Labute approximate surface area is 147 Å². The van der Waals surface area contributed by atoms with Gasteiger partial charge in [-0.25, -0.2) is 0 Å². The first kappa shape index (κ1) is 15.5. The molecule has 0 spiro atoms. The Balaban J connectivity index is 1.72. The second-order valence-electron chi connectivity index (χ2n) is 6.56. The maximum Gasteiger partial charge on any atom is 0.187 e. The highest BCUT2D eigenvalue weighted by molar-refractivity contribution is 6.30. The van der Waals surface area contributed by atoms with Crippen LogP contribution in [0, 0.1) is 6.92 Å². The number of fused-ring (bicyclic) bond motifs is 3. The van der Waals surface area contributed by atoms with Crippen molar-refractivity contribution in [3.05, 3.63) is 64.2 Å². The zero-order valence-electron chi connectivity index (χ0n) is 14.0. The van der Waals surface area contributed by atoms with E-state index in [2.05, 4.69) is 43.1 Å². The predicted octanol–water partition coefficient (Wildman–Crippen LogP) is 5.32. The molecule has 2 aliphatic rings. The smallest absolute Gasteiger partial charge is 0.187 e. The zero-order chi connectivity index (χ0) is 16.7. The van der Waals surface area contributed by atoms with Gasteiger partial charge in [-0.3, -0.25) is 5.01 Å². The zero-order valence-corrected chi connectivity index (χ0v) is 14.8. The van der Waals surface area contributed by atoms with Gasteiger partial charge in [-0.1, -0.05) is 54.8 Å². The fraction of sp³-hybridized carbons (Fsp3) is 0.350. The molecular formula is C20H21ClN2O. The van der Waals surface area contributed by atoms with Crippen LogP contribution in [0.4, 0.5) is 0 Å². The third kappa shape index (κ3) is 2.67. The molecule has 0 aromatic heterocycles. The summed E-state index contributed by atoms with van der Waals surface area (Å²) >= 11 is 6.22. The van der Waals surface area contributed by atoms with Crippen molar-refractivity contribution >= 4 is 17.3 Å². The number of aryl methyl sites for hydroxylation is 1. The molecule has 0 radical (unpaired) electrons. The van der Waals surface area contributed by atoms with Crippen molar-refractivity contribution in [1.82, 2.24) is 5.01 Å². The summed E-state index contributed by atoms with van der Waals surface area (Å²) in [6, 6.07) is 14.7. The molecule has 4 rings (SSSR count). The highest BCUT2D eigenvalue weighted by atomic mass is 35.5. The minimum Gasteiger partial charge on any atom is -0.469 e. The summed E-state index contributed by atoms with van der Waals surface area (Å²) in [5.74, 6) is 0.944. The van der Waals surface area contributed by atoms with Gasteiger partial charge in [0.15, 0.2) is 6.23 Å². The Hall–Kier alpha value is -2.00. The van der Waals surface area contributed by atoms with Gasteiger partial charge < -0.3 is 4.74 Å². The average molecular weight is 341 g/mol. The van der Waals surface area contributed by atoms with E-state index in [1.807, 2.05) is 18.2 Å². The lowest BCUT2D eigenvalue weighted by Gasteiger charge is -2.38. The van der Waals surface area contributed by atoms with Crippen LogP contribution >= 0.6 is 11.6 Å². The molecule has 2 aromatic rings. The largest absolute Gasteiger partial charge is 0.469 e. The number of hydrazone groups is 1. The van der Waals surface area contributed by atoms with Gasteiger partial charge in [0.25, 0.3) is 0 Å². The topological polar surface area (TPSA) is 24.8 Å².